The summed E-state index contributed by atoms with van der Waals surface area (Å²) in [6.07, 6.45) is 0. The first-order chi connectivity index (χ1) is 6.00. The van der Waals surface area contributed by atoms with Crippen molar-refractivity contribution in [1.29, 1.82) is 0 Å². The Balaban J connectivity index is 2.74. The van der Waals surface area contributed by atoms with Gasteiger partial charge in [0.05, 0.1) is 16.0 Å². The minimum absolute atomic E-state index is 0.213. The van der Waals surface area contributed by atoms with Gasteiger partial charge in [-0.25, -0.2) is 0 Å². The lowest BCUT2D eigenvalue weighted by Crippen LogP contribution is -2.22. The molecule has 0 aliphatic rings. The van der Waals surface area contributed by atoms with Crippen molar-refractivity contribution in [2.45, 2.75) is 24.1 Å². The summed E-state index contributed by atoms with van der Waals surface area (Å²) in [7, 11) is 1.85. The number of nitrogens with zero attached hydrogens (tertiary/aromatic N) is 2. The van der Waals surface area contributed by atoms with E-state index in [4.69, 9.17) is 5.73 Å². The van der Waals surface area contributed by atoms with Gasteiger partial charge in [-0.15, -0.1) is 0 Å². The summed E-state index contributed by atoms with van der Waals surface area (Å²) in [6, 6.07) is 1.93. The standard InChI is InChI=1S/C8H13N3OS/c1-5-4-7(11(3)10-5)13-6(2)8(9)12/h4,6H,1-3H3,(H2,9,12). The first kappa shape index (κ1) is 10.1. The van der Waals surface area contributed by atoms with Gasteiger partial charge in [-0.1, -0.05) is 11.8 Å². The number of amides is 1. The number of aryl methyl sites for hydroxylation is 2. The summed E-state index contributed by atoms with van der Waals surface area (Å²) in [5.74, 6) is -0.302. The second kappa shape index (κ2) is 3.83. The Morgan fingerprint density at radius 2 is 2.38 bits per heavy atom. The van der Waals surface area contributed by atoms with Gasteiger partial charge in [0.2, 0.25) is 5.91 Å². The highest BCUT2D eigenvalue weighted by Gasteiger charge is 2.12. The lowest BCUT2D eigenvalue weighted by Gasteiger charge is -2.05. The number of primary amides is 1. The average molecular weight is 199 g/mol. The number of aromatic nitrogens is 2. The van der Waals surface area contributed by atoms with E-state index in [1.807, 2.05) is 20.0 Å². The summed E-state index contributed by atoms with van der Waals surface area (Å²) < 4.78 is 1.75. The predicted octanol–water partition coefficient (Wildman–Crippen LogP) is 0.694. The summed E-state index contributed by atoms with van der Waals surface area (Å²) in [4.78, 5) is 10.8. The van der Waals surface area contributed by atoms with Crippen LogP contribution in [0.25, 0.3) is 0 Å². The van der Waals surface area contributed by atoms with Crippen LogP contribution in [0.1, 0.15) is 12.6 Å². The molecule has 0 saturated heterocycles. The minimum Gasteiger partial charge on any atom is -0.369 e. The van der Waals surface area contributed by atoms with Crippen molar-refractivity contribution in [2.75, 3.05) is 0 Å². The highest BCUT2D eigenvalue weighted by molar-refractivity contribution is 8.00. The minimum atomic E-state index is -0.302. The number of nitrogens with two attached hydrogens (primary N) is 1. The summed E-state index contributed by atoms with van der Waals surface area (Å²) in [5, 5.41) is 4.92. The maximum atomic E-state index is 10.8. The second-order valence-electron chi connectivity index (χ2n) is 2.91. The van der Waals surface area contributed by atoms with Crippen LogP contribution in [0.15, 0.2) is 11.1 Å². The molecule has 0 aliphatic heterocycles. The van der Waals surface area contributed by atoms with E-state index >= 15 is 0 Å². The Bertz CT molecular complexity index is 321. The van der Waals surface area contributed by atoms with E-state index in [0.717, 1.165) is 10.7 Å². The summed E-state index contributed by atoms with van der Waals surface area (Å²) >= 11 is 1.43. The fourth-order valence-electron chi connectivity index (χ4n) is 0.936. The Hall–Kier alpha value is -0.970. The maximum absolute atomic E-state index is 10.8. The molecule has 1 aromatic heterocycles. The Morgan fingerprint density at radius 1 is 1.77 bits per heavy atom. The third-order valence-corrected chi connectivity index (χ3v) is 2.87. The Kier molecular flexibility index (Phi) is 2.98. The molecular weight excluding hydrogens is 186 g/mol. The van der Waals surface area contributed by atoms with E-state index < -0.39 is 0 Å². The van der Waals surface area contributed by atoms with E-state index in [-0.39, 0.29) is 11.2 Å². The molecule has 1 atom stereocenters. The second-order valence-corrected chi connectivity index (χ2v) is 4.27. The molecule has 1 amide bonds. The molecule has 1 heterocycles. The highest BCUT2D eigenvalue weighted by atomic mass is 32.2. The largest absolute Gasteiger partial charge is 0.369 e. The van der Waals surface area contributed by atoms with Crippen LogP contribution in [0.4, 0.5) is 0 Å². The smallest absolute Gasteiger partial charge is 0.230 e. The van der Waals surface area contributed by atoms with Crippen LogP contribution in [0, 0.1) is 6.92 Å². The van der Waals surface area contributed by atoms with Crippen molar-refractivity contribution < 1.29 is 4.79 Å². The Morgan fingerprint density at radius 3 is 2.77 bits per heavy atom. The van der Waals surface area contributed by atoms with Gasteiger partial charge >= 0.3 is 0 Å². The first-order valence-electron chi connectivity index (χ1n) is 3.97. The van der Waals surface area contributed by atoms with E-state index in [1.54, 1.807) is 11.6 Å². The van der Waals surface area contributed by atoms with Gasteiger partial charge < -0.3 is 5.73 Å². The number of carbonyl (C=O) groups is 1. The zero-order valence-corrected chi connectivity index (χ0v) is 8.76. The molecule has 72 valence electrons. The van der Waals surface area contributed by atoms with E-state index in [0.29, 0.717) is 0 Å². The SMILES string of the molecule is Cc1cc(SC(C)C(N)=O)n(C)n1. The van der Waals surface area contributed by atoms with Gasteiger partial charge in [0.15, 0.2) is 0 Å². The molecule has 1 unspecified atom stereocenters. The van der Waals surface area contributed by atoms with Crippen LogP contribution in [-0.4, -0.2) is 20.9 Å². The van der Waals surface area contributed by atoms with Crippen molar-refractivity contribution in [3.63, 3.8) is 0 Å². The molecule has 0 bridgehead atoms. The molecule has 5 heteroatoms. The van der Waals surface area contributed by atoms with Crippen molar-refractivity contribution in [2.24, 2.45) is 12.8 Å². The van der Waals surface area contributed by atoms with Gasteiger partial charge in [0, 0.05) is 7.05 Å². The lowest BCUT2D eigenvalue weighted by atomic mass is 10.5. The van der Waals surface area contributed by atoms with Crippen molar-refractivity contribution in [3.8, 4) is 0 Å². The highest BCUT2D eigenvalue weighted by Crippen LogP contribution is 2.22. The molecule has 0 fully saturated rings. The van der Waals surface area contributed by atoms with Gasteiger partial charge in [-0.2, -0.15) is 5.10 Å². The normalized spacial score (nSPS) is 12.8. The third kappa shape index (κ3) is 2.48. The van der Waals surface area contributed by atoms with E-state index in [2.05, 4.69) is 5.10 Å². The molecule has 0 radical (unpaired) electrons. The number of hydrogen-bond acceptors (Lipinski definition) is 3. The van der Waals surface area contributed by atoms with Crippen LogP contribution in [-0.2, 0) is 11.8 Å². The van der Waals surface area contributed by atoms with Crippen LogP contribution >= 0.6 is 11.8 Å². The monoisotopic (exact) mass is 199 g/mol. The first-order valence-corrected chi connectivity index (χ1v) is 4.85. The average Bonchev–Trinajstić information content (AvgIpc) is 2.30. The molecule has 2 N–H and O–H groups in total. The van der Waals surface area contributed by atoms with E-state index in [9.17, 15) is 4.79 Å². The van der Waals surface area contributed by atoms with Gasteiger partial charge in [0.1, 0.15) is 0 Å². The quantitative estimate of drug-likeness (QED) is 0.729. The lowest BCUT2D eigenvalue weighted by molar-refractivity contribution is -0.117. The third-order valence-electron chi connectivity index (χ3n) is 1.66. The molecule has 1 aromatic rings. The van der Waals surface area contributed by atoms with E-state index in [1.165, 1.54) is 11.8 Å². The van der Waals surface area contributed by atoms with Gasteiger partial charge in [-0.3, -0.25) is 9.48 Å². The number of hydrogen-bond donors (Lipinski definition) is 1. The number of carbonyl (C=O) groups excluding carboxylic acids is 1. The van der Waals surface area contributed by atoms with Crippen LogP contribution in [0.3, 0.4) is 0 Å². The molecule has 1 rings (SSSR count). The van der Waals surface area contributed by atoms with Crippen molar-refractivity contribution in [3.05, 3.63) is 11.8 Å². The topological polar surface area (TPSA) is 60.9 Å². The molecule has 4 nitrogen and oxygen atoms in total. The molecule has 0 aromatic carbocycles. The molecule has 0 spiro atoms. The molecule has 0 aliphatic carbocycles. The van der Waals surface area contributed by atoms with Crippen LogP contribution < -0.4 is 5.73 Å². The predicted molar refractivity (Wildman–Crippen MR) is 52.5 cm³/mol. The summed E-state index contributed by atoms with van der Waals surface area (Å²) in [6.45, 7) is 3.70. The number of thioether (sulfide) groups is 1. The van der Waals surface area contributed by atoms with Crippen molar-refractivity contribution in [1.82, 2.24) is 9.78 Å². The maximum Gasteiger partial charge on any atom is 0.230 e. The zero-order chi connectivity index (χ0) is 10.0. The summed E-state index contributed by atoms with van der Waals surface area (Å²) in [5.41, 5.74) is 6.10. The molecular formula is C8H13N3OS. The number of rotatable bonds is 3. The molecule has 0 saturated carbocycles. The van der Waals surface area contributed by atoms with Crippen LogP contribution in [0.5, 0.6) is 0 Å². The fraction of sp³-hybridized carbons (Fsp3) is 0.500. The van der Waals surface area contributed by atoms with Crippen LogP contribution in [0.2, 0.25) is 0 Å². The van der Waals surface area contributed by atoms with Crippen molar-refractivity contribution >= 4 is 17.7 Å². The molecule has 13 heavy (non-hydrogen) atoms. The Labute approximate surface area is 81.5 Å². The van der Waals surface area contributed by atoms with Gasteiger partial charge in [-0.05, 0) is 19.9 Å². The fourth-order valence-corrected chi connectivity index (χ4v) is 1.85. The van der Waals surface area contributed by atoms with Gasteiger partial charge in [0.25, 0.3) is 0 Å². The zero-order valence-electron chi connectivity index (χ0n) is 7.94.